The Balaban J connectivity index is 1.87. The summed E-state index contributed by atoms with van der Waals surface area (Å²) < 4.78 is 0. The van der Waals surface area contributed by atoms with Crippen LogP contribution in [-0.4, -0.2) is 28.5 Å². The second-order valence-corrected chi connectivity index (χ2v) is 4.59. The average molecular weight is 315 g/mol. The molecule has 118 valence electrons. The second-order valence-electron chi connectivity index (χ2n) is 4.59. The number of carbonyl (C=O) groups excluding carboxylic acids is 1. The number of benzene rings is 2. The maximum Gasteiger partial charge on any atom is 0.335 e. The molecule has 0 bridgehead atoms. The van der Waals surface area contributed by atoms with Crippen molar-refractivity contribution in [2.24, 2.45) is 0 Å². The first-order valence-corrected chi connectivity index (χ1v) is 6.57. The fourth-order valence-electron chi connectivity index (χ4n) is 1.78. The molecule has 3 N–H and O–H groups in total. The molecule has 23 heavy (non-hydrogen) atoms. The Kier molecular flexibility index (Phi) is 4.88. The van der Waals surface area contributed by atoms with Crippen LogP contribution in [0.25, 0.3) is 0 Å². The lowest BCUT2D eigenvalue weighted by molar-refractivity contribution is -0.384. The van der Waals surface area contributed by atoms with Crippen molar-refractivity contribution in [3.8, 4) is 0 Å². The van der Waals surface area contributed by atoms with Gasteiger partial charge in [-0.2, -0.15) is 0 Å². The van der Waals surface area contributed by atoms with Gasteiger partial charge in [0, 0.05) is 23.5 Å². The van der Waals surface area contributed by atoms with E-state index in [9.17, 15) is 19.7 Å². The summed E-state index contributed by atoms with van der Waals surface area (Å²) in [6.07, 6.45) is 0. The molecule has 8 nitrogen and oxygen atoms in total. The molecule has 0 fully saturated rings. The molecule has 0 heterocycles. The SMILES string of the molecule is O=C(CNc1ccc([N+](=O)[O-])cc1)Nc1ccc(C(=O)O)cc1. The number of amides is 1. The molecule has 0 aromatic heterocycles. The van der Waals surface area contributed by atoms with Gasteiger partial charge in [-0.25, -0.2) is 4.79 Å². The van der Waals surface area contributed by atoms with Crippen LogP contribution >= 0.6 is 0 Å². The summed E-state index contributed by atoms with van der Waals surface area (Å²) >= 11 is 0. The molecule has 2 rings (SSSR count). The van der Waals surface area contributed by atoms with E-state index in [2.05, 4.69) is 10.6 Å². The van der Waals surface area contributed by atoms with E-state index in [1.807, 2.05) is 0 Å². The first-order chi connectivity index (χ1) is 11.0. The van der Waals surface area contributed by atoms with Gasteiger partial charge < -0.3 is 15.7 Å². The average Bonchev–Trinajstić information content (AvgIpc) is 2.54. The van der Waals surface area contributed by atoms with Gasteiger partial charge in [0.1, 0.15) is 0 Å². The second kappa shape index (κ2) is 7.03. The first kappa shape index (κ1) is 16.0. The summed E-state index contributed by atoms with van der Waals surface area (Å²) in [6.45, 7) is -0.0293. The number of nitrogens with zero attached hydrogens (tertiary/aromatic N) is 1. The van der Waals surface area contributed by atoms with E-state index in [0.29, 0.717) is 11.4 Å². The molecule has 0 aliphatic heterocycles. The Morgan fingerprint density at radius 2 is 1.57 bits per heavy atom. The number of hydrogen-bond donors (Lipinski definition) is 3. The predicted octanol–water partition coefficient (Wildman–Crippen LogP) is 2.34. The third-order valence-electron chi connectivity index (χ3n) is 2.95. The topological polar surface area (TPSA) is 122 Å². The van der Waals surface area contributed by atoms with Crippen LogP contribution in [0.4, 0.5) is 17.1 Å². The molecule has 1 amide bonds. The highest BCUT2D eigenvalue weighted by Gasteiger charge is 2.06. The highest BCUT2D eigenvalue weighted by molar-refractivity contribution is 5.94. The van der Waals surface area contributed by atoms with E-state index in [-0.39, 0.29) is 23.7 Å². The Labute approximate surface area is 130 Å². The Morgan fingerprint density at radius 3 is 2.09 bits per heavy atom. The smallest absolute Gasteiger partial charge is 0.335 e. The molecule has 0 radical (unpaired) electrons. The van der Waals surface area contributed by atoms with Crippen molar-refractivity contribution >= 4 is 28.9 Å². The van der Waals surface area contributed by atoms with Crippen LogP contribution in [0, 0.1) is 10.1 Å². The van der Waals surface area contributed by atoms with Gasteiger partial charge in [-0.1, -0.05) is 0 Å². The molecular weight excluding hydrogens is 302 g/mol. The predicted molar refractivity (Wildman–Crippen MR) is 83.6 cm³/mol. The number of aromatic carboxylic acids is 1. The summed E-state index contributed by atoms with van der Waals surface area (Å²) in [6, 6.07) is 11.5. The fourth-order valence-corrected chi connectivity index (χ4v) is 1.78. The van der Waals surface area contributed by atoms with E-state index in [1.165, 1.54) is 48.5 Å². The number of nitro groups is 1. The van der Waals surface area contributed by atoms with E-state index >= 15 is 0 Å². The number of rotatable bonds is 6. The summed E-state index contributed by atoms with van der Waals surface area (Å²) in [5.41, 5.74) is 1.16. The van der Waals surface area contributed by atoms with Gasteiger partial charge in [0.2, 0.25) is 5.91 Å². The number of nitrogens with one attached hydrogen (secondary N) is 2. The molecule has 0 spiro atoms. The van der Waals surface area contributed by atoms with Crippen molar-refractivity contribution in [1.82, 2.24) is 0 Å². The standard InChI is InChI=1S/C15H13N3O5/c19-14(17-12-3-1-10(2-4-12)15(20)21)9-16-11-5-7-13(8-6-11)18(22)23/h1-8,16H,9H2,(H,17,19)(H,20,21). The molecular formula is C15H13N3O5. The van der Waals surface area contributed by atoms with E-state index < -0.39 is 10.9 Å². The number of carboxylic acid groups (broad SMARTS) is 1. The lowest BCUT2D eigenvalue weighted by Gasteiger charge is -2.08. The van der Waals surface area contributed by atoms with Crippen LogP contribution in [0.1, 0.15) is 10.4 Å². The van der Waals surface area contributed by atoms with Crippen molar-refractivity contribution in [3.05, 3.63) is 64.2 Å². The third kappa shape index (κ3) is 4.53. The molecule has 8 heteroatoms. The number of carboxylic acids is 1. The van der Waals surface area contributed by atoms with E-state index in [1.54, 1.807) is 0 Å². The van der Waals surface area contributed by atoms with Crippen LogP contribution in [0.5, 0.6) is 0 Å². The number of anilines is 2. The summed E-state index contributed by atoms with van der Waals surface area (Å²) in [4.78, 5) is 32.5. The molecule has 0 unspecified atom stereocenters. The van der Waals surface area contributed by atoms with Gasteiger partial charge >= 0.3 is 5.97 Å². The van der Waals surface area contributed by atoms with E-state index in [4.69, 9.17) is 5.11 Å². The summed E-state index contributed by atoms with van der Waals surface area (Å²) in [5, 5.41) is 24.8. The van der Waals surface area contributed by atoms with Gasteiger partial charge in [-0.15, -0.1) is 0 Å². The van der Waals surface area contributed by atoms with Gasteiger partial charge in [-0.3, -0.25) is 14.9 Å². The fraction of sp³-hybridized carbons (Fsp3) is 0.0667. The van der Waals surface area contributed by atoms with Crippen LogP contribution in [0.15, 0.2) is 48.5 Å². The molecule has 0 saturated carbocycles. The van der Waals surface area contributed by atoms with Crippen LogP contribution in [0.2, 0.25) is 0 Å². The van der Waals surface area contributed by atoms with Gasteiger partial charge in [-0.05, 0) is 36.4 Å². The maximum absolute atomic E-state index is 11.8. The minimum absolute atomic E-state index is 0.0291. The van der Waals surface area contributed by atoms with Crippen molar-refractivity contribution < 1.29 is 19.6 Å². The highest BCUT2D eigenvalue weighted by atomic mass is 16.6. The minimum Gasteiger partial charge on any atom is -0.478 e. The van der Waals surface area contributed by atoms with Crippen molar-refractivity contribution in [3.63, 3.8) is 0 Å². The molecule has 0 aliphatic rings. The number of non-ortho nitro benzene ring substituents is 1. The lowest BCUT2D eigenvalue weighted by Crippen LogP contribution is -2.21. The molecule has 2 aromatic carbocycles. The summed E-state index contributed by atoms with van der Waals surface area (Å²) in [7, 11) is 0. The Hall–Kier alpha value is -3.42. The lowest BCUT2D eigenvalue weighted by atomic mass is 10.2. The molecule has 2 aromatic rings. The van der Waals surface area contributed by atoms with Crippen LogP contribution < -0.4 is 10.6 Å². The van der Waals surface area contributed by atoms with Crippen LogP contribution in [0.3, 0.4) is 0 Å². The maximum atomic E-state index is 11.8. The van der Waals surface area contributed by atoms with Crippen molar-refractivity contribution in [1.29, 1.82) is 0 Å². The normalized spacial score (nSPS) is 9.91. The van der Waals surface area contributed by atoms with Gasteiger partial charge in [0.15, 0.2) is 0 Å². The zero-order valence-electron chi connectivity index (χ0n) is 11.9. The molecule has 0 saturated heterocycles. The van der Waals surface area contributed by atoms with Crippen molar-refractivity contribution in [2.45, 2.75) is 0 Å². The minimum atomic E-state index is -1.04. The largest absolute Gasteiger partial charge is 0.478 e. The number of nitro benzene ring substituents is 1. The monoisotopic (exact) mass is 315 g/mol. The quantitative estimate of drug-likeness (QED) is 0.555. The van der Waals surface area contributed by atoms with E-state index in [0.717, 1.165) is 0 Å². The highest BCUT2D eigenvalue weighted by Crippen LogP contribution is 2.15. The number of hydrogen-bond acceptors (Lipinski definition) is 5. The number of carbonyl (C=O) groups is 2. The van der Waals surface area contributed by atoms with Gasteiger partial charge in [0.25, 0.3) is 5.69 Å². The Bertz CT molecular complexity index is 726. The Morgan fingerprint density at radius 1 is 1.00 bits per heavy atom. The third-order valence-corrected chi connectivity index (χ3v) is 2.95. The molecule has 0 aliphatic carbocycles. The zero-order valence-corrected chi connectivity index (χ0v) is 11.9. The van der Waals surface area contributed by atoms with Crippen molar-refractivity contribution in [2.75, 3.05) is 17.2 Å². The van der Waals surface area contributed by atoms with Crippen LogP contribution in [-0.2, 0) is 4.79 Å². The molecule has 0 atom stereocenters. The van der Waals surface area contributed by atoms with Gasteiger partial charge in [0.05, 0.1) is 17.0 Å². The summed E-state index contributed by atoms with van der Waals surface area (Å²) in [5.74, 6) is -1.37. The first-order valence-electron chi connectivity index (χ1n) is 6.57. The zero-order chi connectivity index (χ0) is 16.8.